The van der Waals surface area contributed by atoms with Gasteiger partial charge in [-0.3, -0.25) is 9.48 Å². The normalized spacial score (nSPS) is 17.2. The number of hydrogen-bond donors (Lipinski definition) is 1. The summed E-state index contributed by atoms with van der Waals surface area (Å²) in [6.07, 6.45) is 2.22. The molecular formula is C11H16BrN3O. The van der Waals surface area contributed by atoms with E-state index in [1.54, 1.807) is 4.68 Å². The van der Waals surface area contributed by atoms with Crippen LogP contribution in [0.5, 0.6) is 0 Å². The molecule has 0 saturated heterocycles. The molecule has 1 aromatic heterocycles. The molecule has 1 heterocycles. The van der Waals surface area contributed by atoms with Crippen molar-refractivity contribution in [2.45, 2.75) is 45.7 Å². The third-order valence-corrected chi connectivity index (χ3v) is 4.05. The van der Waals surface area contributed by atoms with Crippen molar-refractivity contribution in [2.75, 3.05) is 0 Å². The first-order valence-electron chi connectivity index (χ1n) is 5.52. The van der Waals surface area contributed by atoms with Crippen LogP contribution in [0.15, 0.2) is 4.47 Å². The SMILES string of the molecule is Cc1nn(C(C)C(=O)NC2CC2)c(C)c1Br. The predicted octanol–water partition coefficient (Wildman–Crippen LogP) is 2.10. The molecule has 1 unspecified atom stereocenters. The number of halogens is 1. The van der Waals surface area contributed by atoms with E-state index >= 15 is 0 Å². The summed E-state index contributed by atoms with van der Waals surface area (Å²) in [6.45, 7) is 5.77. The van der Waals surface area contributed by atoms with E-state index in [1.807, 2.05) is 20.8 Å². The van der Waals surface area contributed by atoms with Gasteiger partial charge in [0, 0.05) is 6.04 Å². The Morgan fingerprint density at radius 3 is 2.62 bits per heavy atom. The molecule has 1 fully saturated rings. The van der Waals surface area contributed by atoms with Crippen LogP contribution < -0.4 is 5.32 Å². The van der Waals surface area contributed by atoms with Crippen LogP contribution in [0.2, 0.25) is 0 Å². The highest BCUT2D eigenvalue weighted by Gasteiger charge is 2.27. The first-order chi connectivity index (χ1) is 7.50. The van der Waals surface area contributed by atoms with E-state index in [4.69, 9.17) is 0 Å². The summed E-state index contributed by atoms with van der Waals surface area (Å²) in [7, 11) is 0. The molecule has 1 N–H and O–H groups in total. The number of aromatic nitrogens is 2. The molecule has 16 heavy (non-hydrogen) atoms. The number of carbonyl (C=O) groups is 1. The zero-order valence-electron chi connectivity index (χ0n) is 9.75. The fourth-order valence-electron chi connectivity index (χ4n) is 1.68. The molecule has 2 rings (SSSR count). The standard InChI is InChI=1S/C11H16BrN3O/c1-6-10(12)7(2)15(14-6)8(3)11(16)13-9-4-5-9/h8-9H,4-5H2,1-3H3,(H,13,16). The third-order valence-electron chi connectivity index (χ3n) is 2.91. The van der Waals surface area contributed by atoms with Gasteiger partial charge in [0.1, 0.15) is 6.04 Å². The van der Waals surface area contributed by atoms with Gasteiger partial charge in [0.05, 0.1) is 15.9 Å². The van der Waals surface area contributed by atoms with E-state index in [1.165, 1.54) is 0 Å². The highest BCUT2D eigenvalue weighted by molar-refractivity contribution is 9.10. The lowest BCUT2D eigenvalue weighted by atomic mass is 10.3. The molecule has 4 nitrogen and oxygen atoms in total. The van der Waals surface area contributed by atoms with Crippen molar-refractivity contribution in [3.63, 3.8) is 0 Å². The molecule has 5 heteroatoms. The van der Waals surface area contributed by atoms with Crippen molar-refractivity contribution in [1.82, 2.24) is 15.1 Å². The fourth-order valence-corrected chi connectivity index (χ4v) is 1.94. The number of aryl methyl sites for hydroxylation is 1. The lowest BCUT2D eigenvalue weighted by Crippen LogP contribution is -2.33. The molecule has 88 valence electrons. The molecule has 1 aromatic rings. The quantitative estimate of drug-likeness (QED) is 0.925. The van der Waals surface area contributed by atoms with E-state index in [0.717, 1.165) is 28.7 Å². The van der Waals surface area contributed by atoms with Crippen molar-refractivity contribution < 1.29 is 4.79 Å². The van der Waals surface area contributed by atoms with Crippen LogP contribution in [0.4, 0.5) is 0 Å². The van der Waals surface area contributed by atoms with Crippen LogP contribution in [0, 0.1) is 13.8 Å². The number of carbonyl (C=O) groups excluding carboxylic acids is 1. The monoisotopic (exact) mass is 285 g/mol. The lowest BCUT2D eigenvalue weighted by Gasteiger charge is -2.14. The number of amides is 1. The first kappa shape index (κ1) is 11.6. The topological polar surface area (TPSA) is 46.9 Å². The van der Waals surface area contributed by atoms with Crippen LogP contribution in [-0.2, 0) is 4.79 Å². The molecule has 0 radical (unpaired) electrons. The summed E-state index contributed by atoms with van der Waals surface area (Å²) in [6, 6.07) is 0.154. The summed E-state index contributed by atoms with van der Waals surface area (Å²) in [5, 5.41) is 7.36. The zero-order valence-corrected chi connectivity index (χ0v) is 11.3. The highest BCUT2D eigenvalue weighted by atomic mass is 79.9. The predicted molar refractivity (Wildman–Crippen MR) is 65.3 cm³/mol. The maximum Gasteiger partial charge on any atom is 0.244 e. The second kappa shape index (κ2) is 4.20. The van der Waals surface area contributed by atoms with Crippen molar-refractivity contribution in [2.24, 2.45) is 0 Å². The minimum atomic E-state index is -0.245. The molecule has 0 aliphatic heterocycles. The van der Waals surface area contributed by atoms with Crippen LogP contribution in [0.3, 0.4) is 0 Å². The minimum Gasteiger partial charge on any atom is -0.352 e. The van der Waals surface area contributed by atoms with Crippen molar-refractivity contribution in [1.29, 1.82) is 0 Å². The van der Waals surface area contributed by atoms with Crippen molar-refractivity contribution >= 4 is 21.8 Å². The van der Waals surface area contributed by atoms with Gasteiger partial charge in [-0.2, -0.15) is 5.10 Å². The summed E-state index contributed by atoms with van der Waals surface area (Å²) in [5.41, 5.74) is 1.92. The molecule has 1 aliphatic rings. The maximum atomic E-state index is 11.9. The van der Waals surface area contributed by atoms with Gasteiger partial charge in [-0.25, -0.2) is 0 Å². The van der Waals surface area contributed by atoms with Crippen LogP contribution >= 0.6 is 15.9 Å². The van der Waals surface area contributed by atoms with E-state index < -0.39 is 0 Å². The van der Waals surface area contributed by atoms with Gasteiger partial charge in [0.2, 0.25) is 5.91 Å². The number of nitrogens with zero attached hydrogens (tertiary/aromatic N) is 2. The molecule has 0 bridgehead atoms. The third kappa shape index (κ3) is 2.14. The Bertz CT molecular complexity index is 423. The average Bonchev–Trinajstić information content (AvgIpc) is 3.02. The molecule has 1 atom stereocenters. The molecule has 1 amide bonds. The van der Waals surface area contributed by atoms with E-state index in [-0.39, 0.29) is 11.9 Å². The average molecular weight is 286 g/mol. The van der Waals surface area contributed by atoms with Gasteiger partial charge in [0.15, 0.2) is 0 Å². The fraction of sp³-hybridized carbons (Fsp3) is 0.636. The summed E-state index contributed by atoms with van der Waals surface area (Å²) < 4.78 is 2.76. The molecule has 0 aromatic carbocycles. The summed E-state index contributed by atoms with van der Waals surface area (Å²) in [5.74, 6) is 0.0561. The maximum absolute atomic E-state index is 11.9. The Balaban J connectivity index is 2.15. The summed E-state index contributed by atoms with van der Waals surface area (Å²) >= 11 is 3.47. The van der Waals surface area contributed by atoms with Crippen LogP contribution in [-0.4, -0.2) is 21.7 Å². The van der Waals surface area contributed by atoms with Crippen molar-refractivity contribution in [3.8, 4) is 0 Å². The molecule has 1 saturated carbocycles. The minimum absolute atomic E-state index is 0.0561. The molecule has 1 aliphatic carbocycles. The largest absolute Gasteiger partial charge is 0.352 e. The Hall–Kier alpha value is -0.840. The van der Waals surface area contributed by atoms with E-state index in [0.29, 0.717) is 6.04 Å². The first-order valence-corrected chi connectivity index (χ1v) is 6.31. The van der Waals surface area contributed by atoms with Gasteiger partial charge >= 0.3 is 0 Å². The number of nitrogens with one attached hydrogen (secondary N) is 1. The number of rotatable bonds is 3. The zero-order chi connectivity index (χ0) is 11.9. The Morgan fingerprint density at radius 2 is 2.19 bits per heavy atom. The second-order valence-corrected chi connectivity index (χ2v) is 5.18. The Labute approximate surface area is 104 Å². The second-order valence-electron chi connectivity index (χ2n) is 4.39. The highest BCUT2D eigenvalue weighted by Crippen LogP contribution is 2.24. The van der Waals surface area contributed by atoms with Crippen LogP contribution in [0.1, 0.15) is 37.2 Å². The van der Waals surface area contributed by atoms with Gasteiger partial charge in [-0.15, -0.1) is 0 Å². The summed E-state index contributed by atoms with van der Waals surface area (Å²) in [4.78, 5) is 11.9. The smallest absolute Gasteiger partial charge is 0.244 e. The van der Waals surface area contributed by atoms with E-state index in [2.05, 4.69) is 26.3 Å². The molecular weight excluding hydrogens is 270 g/mol. The van der Waals surface area contributed by atoms with Gasteiger partial charge in [-0.05, 0) is 49.5 Å². The molecule has 0 spiro atoms. The van der Waals surface area contributed by atoms with Crippen LogP contribution in [0.25, 0.3) is 0 Å². The number of hydrogen-bond acceptors (Lipinski definition) is 2. The van der Waals surface area contributed by atoms with E-state index in [9.17, 15) is 4.79 Å². The Kier molecular flexibility index (Phi) is 3.06. The Morgan fingerprint density at radius 1 is 1.56 bits per heavy atom. The van der Waals surface area contributed by atoms with Crippen molar-refractivity contribution in [3.05, 3.63) is 15.9 Å². The van der Waals surface area contributed by atoms with Gasteiger partial charge in [0.25, 0.3) is 0 Å². The lowest BCUT2D eigenvalue weighted by molar-refractivity contribution is -0.124. The van der Waals surface area contributed by atoms with Gasteiger partial charge in [-0.1, -0.05) is 0 Å². The van der Waals surface area contributed by atoms with Gasteiger partial charge < -0.3 is 5.32 Å².